The minimum atomic E-state index is -0.584. The molecular formula is C19H19N3O5S. The summed E-state index contributed by atoms with van der Waals surface area (Å²) in [6, 6.07) is 8.12. The molecule has 2 aliphatic rings. The van der Waals surface area contributed by atoms with Crippen LogP contribution >= 0.6 is 11.8 Å². The highest BCUT2D eigenvalue weighted by Gasteiger charge is 2.40. The molecule has 2 unspecified atom stereocenters. The molecule has 1 amide bonds. The Kier molecular flexibility index (Phi) is 5.73. The first-order valence-electron chi connectivity index (χ1n) is 8.99. The average Bonchev–Trinajstić information content (AvgIpc) is 3.38. The zero-order valence-corrected chi connectivity index (χ0v) is 15.8. The van der Waals surface area contributed by atoms with Crippen LogP contribution in [0.15, 0.2) is 52.2 Å². The third kappa shape index (κ3) is 4.26. The number of aliphatic imine (C=N–C) groups is 1. The summed E-state index contributed by atoms with van der Waals surface area (Å²) in [6.07, 6.45) is 3.68. The third-order valence-corrected chi connectivity index (χ3v) is 5.60. The van der Waals surface area contributed by atoms with Crippen LogP contribution in [0.1, 0.15) is 35.1 Å². The van der Waals surface area contributed by atoms with E-state index in [4.69, 9.17) is 13.9 Å². The molecule has 9 heteroatoms. The predicted molar refractivity (Wildman–Crippen MR) is 102 cm³/mol. The minimum Gasteiger partial charge on any atom is -0.467 e. The van der Waals surface area contributed by atoms with E-state index in [2.05, 4.69) is 15.3 Å². The largest absolute Gasteiger partial charge is 0.467 e. The third-order valence-electron chi connectivity index (χ3n) is 4.44. The van der Waals surface area contributed by atoms with Crippen LogP contribution in [0.25, 0.3) is 0 Å². The fourth-order valence-corrected chi connectivity index (χ4v) is 4.17. The zero-order chi connectivity index (χ0) is 19.3. The molecule has 0 spiro atoms. The summed E-state index contributed by atoms with van der Waals surface area (Å²) in [6.45, 7) is 1.16. The summed E-state index contributed by atoms with van der Waals surface area (Å²) >= 11 is 1.17. The molecule has 1 N–H and O–H groups in total. The number of rotatable bonds is 4. The zero-order valence-electron chi connectivity index (χ0n) is 14.9. The maximum Gasteiger partial charge on any atom is 0.413 e. The second kappa shape index (κ2) is 8.57. The number of furan rings is 1. The van der Waals surface area contributed by atoms with E-state index in [1.54, 1.807) is 36.5 Å². The fraction of sp³-hybridized carbons (Fsp3) is 0.368. The van der Waals surface area contributed by atoms with Gasteiger partial charge in [-0.25, -0.2) is 9.79 Å². The highest BCUT2D eigenvalue weighted by atomic mass is 32.2. The number of aromatic nitrogens is 1. The Morgan fingerprint density at radius 1 is 1.18 bits per heavy atom. The normalized spacial score (nSPS) is 22.5. The van der Waals surface area contributed by atoms with E-state index >= 15 is 0 Å². The summed E-state index contributed by atoms with van der Waals surface area (Å²) in [5.41, 5.74) is 0.345. The van der Waals surface area contributed by atoms with Crippen LogP contribution in [0.4, 0.5) is 4.79 Å². The molecule has 0 bridgehead atoms. The lowest BCUT2D eigenvalue weighted by Gasteiger charge is -2.22. The summed E-state index contributed by atoms with van der Waals surface area (Å²) in [5, 5.41) is 2.39. The van der Waals surface area contributed by atoms with Crippen molar-refractivity contribution in [3.63, 3.8) is 0 Å². The number of amides is 1. The van der Waals surface area contributed by atoms with Crippen molar-refractivity contribution in [1.29, 1.82) is 0 Å². The van der Waals surface area contributed by atoms with Gasteiger partial charge in [0.2, 0.25) is 0 Å². The second-order valence-corrected chi connectivity index (χ2v) is 7.48. The first kappa shape index (κ1) is 18.7. The van der Waals surface area contributed by atoms with E-state index in [1.165, 1.54) is 18.0 Å². The number of hydrogen-bond acceptors (Lipinski definition) is 8. The highest BCUT2D eigenvalue weighted by Crippen LogP contribution is 2.39. The number of nitrogens with zero attached hydrogens (tertiary/aromatic N) is 2. The number of hydrogen-bond donors (Lipinski definition) is 1. The van der Waals surface area contributed by atoms with Gasteiger partial charge in [-0.2, -0.15) is 0 Å². The number of amidine groups is 1. The molecule has 0 aromatic carbocycles. The molecule has 2 aliphatic heterocycles. The standard InChI is InChI=1S/C19H19N3O5S/c23-16(13-4-1-2-8-20-13)17-15(14-5-3-9-26-14)21-18(28-17)22-19(24)27-12-6-10-25-11-7-12/h1-5,8-9,12,15,17H,6-7,10-11H2,(H,21,22,24). The first-order valence-corrected chi connectivity index (χ1v) is 9.87. The van der Waals surface area contributed by atoms with Crippen LogP contribution in [0.2, 0.25) is 0 Å². The van der Waals surface area contributed by atoms with Crippen LogP contribution in [-0.2, 0) is 9.47 Å². The summed E-state index contributed by atoms with van der Waals surface area (Å²) in [7, 11) is 0. The fourth-order valence-electron chi connectivity index (χ4n) is 3.06. The van der Waals surface area contributed by atoms with E-state index in [-0.39, 0.29) is 11.9 Å². The number of carbonyl (C=O) groups excluding carboxylic acids is 2. The monoisotopic (exact) mass is 401 g/mol. The topological polar surface area (TPSA) is 103 Å². The lowest BCUT2D eigenvalue weighted by molar-refractivity contribution is 0.00309. The summed E-state index contributed by atoms with van der Waals surface area (Å²) in [5.74, 6) is 0.377. The second-order valence-electron chi connectivity index (χ2n) is 6.35. The quantitative estimate of drug-likeness (QED) is 0.786. The number of ether oxygens (including phenoxy) is 2. The highest BCUT2D eigenvalue weighted by molar-refractivity contribution is 8.15. The van der Waals surface area contributed by atoms with Crippen molar-refractivity contribution in [2.75, 3.05) is 13.2 Å². The van der Waals surface area contributed by atoms with Crippen LogP contribution in [0.3, 0.4) is 0 Å². The Labute approximate surface area is 165 Å². The average molecular weight is 401 g/mol. The van der Waals surface area contributed by atoms with Crippen molar-refractivity contribution in [2.45, 2.75) is 30.2 Å². The van der Waals surface area contributed by atoms with E-state index < -0.39 is 17.4 Å². The number of alkyl carbamates (subject to hydrolysis) is 1. The Bertz CT molecular complexity index is 850. The Balaban J connectivity index is 1.47. The van der Waals surface area contributed by atoms with Gasteiger partial charge < -0.3 is 13.9 Å². The molecule has 4 heterocycles. The Morgan fingerprint density at radius 3 is 2.75 bits per heavy atom. The molecule has 0 saturated carbocycles. The molecule has 1 saturated heterocycles. The van der Waals surface area contributed by atoms with Crippen LogP contribution in [0.5, 0.6) is 0 Å². The van der Waals surface area contributed by atoms with E-state index in [0.29, 0.717) is 42.7 Å². The number of Topliss-reactive ketones (excluding diaryl/α,β-unsaturated/α-hetero) is 1. The van der Waals surface area contributed by atoms with E-state index in [0.717, 1.165) is 0 Å². The molecule has 0 radical (unpaired) electrons. The molecule has 146 valence electrons. The van der Waals surface area contributed by atoms with Gasteiger partial charge in [-0.15, -0.1) is 0 Å². The Hall–Kier alpha value is -2.65. The summed E-state index contributed by atoms with van der Waals surface area (Å²) in [4.78, 5) is 33.8. The van der Waals surface area contributed by atoms with Gasteiger partial charge in [0.15, 0.2) is 11.0 Å². The number of ketones is 1. The summed E-state index contributed by atoms with van der Waals surface area (Å²) < 4.78 is 16.1. The number of thioether (sulfide) groups is 1. The van der Waals surface area contributed by atoms with Gasteiger partial charge in [0.05, 0.1) is 19.5 Å². The molecule has 8 nitrogen and oxygen atoms in total. The van der Waals surface area contributed by atoms with Crippen molar-refractivity contribution >= 4 is 28.8 Å². The SMILES string of the molecule is O=C(NC1=NC(c2ccco2)C(C(=O)c2ccccn2)S1)OC1CCOCC1. The van der Waals surface area contributed by atoms with Crippen molar-refractivity contribution < 1.29 is 23.5 Å². The molecule has 0 aliphatic carbocycles. The maximum atomic E-state index is 12.9. The van der Waals surface area contributed by atoms with Crippen LogP contribution < -0.4 is 5.32 Å². The molecule has 2 atom stereocenters. The number of carbonyl (C=O) groups is 2. The smallest absolute Gasteiger partial charge is 0.413 e. The van der Waals surface area contributed by atoms with Gasteiger partial charge in [-0.05, 0) is 24.3 Å². The number of pyridine rings is 1. The van der Waals surface area contributed by atoms with Gasteiger partial charge in [-0.3, -0.25) is 15.1 Å². The molecular weight excluding hydrogens is 382 g/mol. The number of nitrogens with one attached hydrogen (secondary N) is 1. The van der Waals surface area contributed by atoms with Crippen LogP contribution in [0, 0.1) is 0 Å². The van der Waals surface area contributed by atoms with E-state index in [1.807, 2.05) is 0 Å². The minimum absolute atomic E-state index is 0.174. The lowest BCUT2D eigenvalue weighted by Crippen LogP contribution is -2.34. The van der Waals surface area contributed by atoms with Gasteiger partial charge >= 0.3 is 6.09 Å². The van der Waals surface area contributed by atoms with Gasteiger partial charge in [0.1, 0.15) is 28.8 Å². The van der Waals surface area contributed by atoms with Gasteiger partial charge in [-0.1, -0.05) is 17.8 Å². The van der Waals surface area contributed by atoms with Crippen LogP contribution in [-0.4, -0.2) is 46.6 Å². The van der Waals surface area contributed by atoms with Crippen molar-refractivity contribution in [2.24, 2.45) is 4.99 Å². The van der Waals surface area contributed by atoms with Gasteiger partial charge in [0.25, 0.3) is 0 Å². The first-order chi connectivity index (χ1) is 13.7. The van der Waals surface area contributed by atoms with Crippen molar-refractivity contribution in [1.82, 2.24) is 10.3 Å². The van der Waals surface area contributed by atoms with E-state index in [9.17, 15) is 9.59 Å². The molecule has 2 aromatic heterocycles. The Morgan fingerprint density at radius 2 is 2.04 bits per heavy atom. The molecule has 28 heavy (non-hydrogen) atoms. The molecule has 4 rings (SSSR count). The predicted octanol–water partition coefficient (Wildman–Crippen LogP) is 2.98. The molecule has 2 aromatic rings. The van der Waals surface area contributed by atoms with Gasteiger partial charge in [0, 0.05) is 19.0 Å². The van der Waals surface area contributed by atoms with Crippen molar-refractivity contribution in [3.05, 3.63) is 54.2 Å². The van der Waals surface area contributed by atoms with Crippen molar-refractivity contribution in [3.8, 4) is 0 Å². The maximum absolute atomic E-state index is 12.9. The molecule has 1 fully saturated rings. The lowest BCUT2D eigenvalue weighted by atomic mass is 10.1.